The fourth-order valence-corrected chi connectivity index (χ4v) is 9.06. The predicted molar refractivity (Wildman–Crippen MR) is 187 cm³/mol. The van der Waals surface area contributed by atoms with Gasteiger partial charge in [0.15, 0.2) is 12.7 Å². The van der Waals surface area contributed by atoms with Gasteiger partial charge in [-0.15, -0.1) is 0 Å². The van der Waals surface area contributed by atoms with E-state index in [-0.39, 0.29) is 23.7 Å². The van der Waals surface area contributed by atoms with E-state index >= 15 is 0 Å². The number of fused-ring (bicyclic) bond motifs is 12. The van der Waals surface area contributed by atoms with Gasteiger partial charge in [-0.1, -0.05) is 38.6 Å². The molecule has 4 heterocycles. The highest BCUT2D eigenvalue weighted by atomic mass is 32.2. The molecular formula is C36H40N3O5S2+. The van der Waals surface area contributed by atoms with Crippen LogP contribution in [0.3, 0.4) is 0 Å². The molecule has 4 bridgehead atoms. The number of thioether (sulfide) groups is 2. The third-order valence-electron chi connectivity index (χ3n) is 9.99. The number of nitrogens with one attached hydrogen (secondary N) is 1. The molecule has 1 fully saturated rings. The van der Waals surface area contributed by atoms with Gasteiger partial charge in [-0.05, 0) is 88.1 Å². The number of aryl methyl sites for hydroxylation is 1. The lowest BCUT2D eigenvalue weighted by atomic mass is 9.80. The Balaban J connectivity index is 1.64. The van der Waals surface area contributed by atoms with Crippen LogP contribution in [0.2, 0.25) is 0 Å². The summed E-state index contributed by atoms with van der Waals surface area (Å²) in [7, 11) is 1.26. The van der Waals surface area contributed by atoms with Crippen molar-refractivity contribution < 1.29 is 24.4 Å². The molecule has 0 spiro atoms. The van der Waals surface area contributed by atoms with Crippen LogP contribution in [-0.4, -0.2) is 50.4 Å². The zero-order chi connectivity index (χ0) is 32.5. The Labute approximate surface area is 277 Å². The van der Waals surface area contributed by atoms with Crippen LogP contribution in [0.25, 0.3) is 38.5 Å². The van der Waals surface area contributed by atoms with Gasteiger partial charge in [0.1, 0.15) is 6.23 Å². The molecule has 3 aliphatic rings. The Hall–Kier alpha value is -3.31. The minimum atomic E-state index is -2.02. The van der Waals surface area contributed by atoms with E-state index in [9.17, 15) is 14.8 Å². The summed E-state index contributed by atoms with van der Waals surface area (Å²) in [6, 6.07) is 12.9. The second kappa shape index (κ2) is 11.4. The van der Waals surface area contributed by atoms with Gasteiger partial charge in [0, 0.05) is 35.2 Å². The molecule has 240 valence electrons. The molecule has 46 heavy (non-hydrogen) atoms. The molecule has 0 radical (unpaired) electrons. The number of carbonyl (C=O) groups excluding carboxylic acids is 1. The quantitative estimate of drug-likeness (QED) is 0.149. The van der Waals surface area contributed by atoms with Crippen molar-refractivity contribution in [2.45, 2.75) is 76.1 Å². The Bertz CT molecular complexity index is 1970. The van der Waals surface area contributed by atoms with E-state index in [0.717, 1.165) is 78.2 Å². The maximum Gasteiger partial charge on any atom is 0.400 e. The van der Waals surface area contributed by atoms with Crippen molar-refractivity contribution in [1.29, 1.82) is 0 Å². The van der Waals surface area contributed by atoms with Crippen LogP contribution in [-0.2, 0) is 27.6 Å². The monoisotopic (exact) mass is 658 g/mol. The van der Waals surface area contributed by atoms with Gasteiger partial charge in [0.25, 0.3) is 10.8 Å². The number of hydrogen-bond acceptors (Lipinski definition) is 7. The average molecular weight is 659 g/mol. The molecule has 4 aromatic rings. The van der Waals surface area contributed by atoms with E-state index in [0.29, 0.717) is 12.1 Å². The SMILES string of the molecule is C=C1C[C@@]2(C)O[C@H](C[C@]2(O)[N+](=O)OC)n2c3ccc(CSCC)cc3c3c4c(c(c(C)c32)-c2cc(CSCC)ccc21)CNC4=O. The number of rotatable bonds is 8. The average Bonchev–Trinajstić information content (AvgIpc) is 3.67. The van der Waals surface area contributed by atoms with Crippen LogP contribution in [0.15, 0.2) is 43.0 Å². The highest BCUT2D eigenvalue weighted by molar-refractivity contribution is 7.98. The summed E-state index contributed by atoms with van der Waals surface area (Å²) in [5, 5.41) is 17.2. The molecular weight excluding hydrogens is 619 g/mol. The number of aromatic nitrogens is 1. The van der Waals surface area contributed by atoms with Crippen LogP contribution < -0.4 is 5.32 Å². The Morgan fingerprint density at radius 1 is 1.11 bits per heavy atom. The first-order valence-corrected chi connectivity index (χ1v) is 18.2. The number of nitrogens with zero attached hydrogens (tertiary/aromatic N) is 2. The molecule has 1 aromatic heterocycles. The Kier molecular flexibility index (Phi) is 7.78. The third kappa shape index (κ3) is 4.47. The molecule has 10 heteroatoms. The lowest BCUT2D eigenvalue weighted by Gasteiger charge is -2.30. The number of carbonyl (C=O) groups is 1. The van der Waals surface area contributed by atoms with E-state index in [2.05, 4.69) is 73.6 Å². The number of benzene rings is 3. The molecule has 0 saturated carbocycles. The van der Waals surface area contributed by atoms with Gasteiger partial charge in [0.05, 0.1) is 27.9 Å². The molecule has 8 nitrogen and oxygen atoms in total. The highest BCUT2D eigenvalue weighted by Crippen LogP contribution is 2.54. The summed E-state index contributed by atoms with van der Waals surface area (Å²) in [6.07, 6.45) is -0.580. The van der Waals surface area contributed by atoms with Crippen LogP contribution >= 0.6 is 23.5 Å². The smallest absolute Gasteiger partial charge is 0.348 e. The maximum absolute atomic E-state index is 13.8. The molecule has 0 unspecified atom stereocenters. The summed E-state index contributed by atoms with van der Waals surface area (Å²) in [5.41, 5.74) is 7.11. The Morgan fingerprint density at radius 3 is 2.50 bits per heavy atom. The van der Waals surface area contributed by atoms with Gasteiger partial charge >= 0.3 is 5.72 Å². The van der Waals surface area contributed by atoms with E-state index in [4.69, 9.17) is 9.57 Å². The Morgan fingerprint density at radius 2 is 1.80 bits per heavy atom. The minimum Gasteiger partial charge on any atom is -0.348 e. The van der Waals surface area contributed by atoms with Crippen LogP contribution in [0, 0.1) is 11.8 Å². The normalized spacial score (nSPS) is 23.5. The van der Waals surface area contributed by atoms with E-state index in [1.54, 1.807) is 6.92 Å². The summed E-state index contributed by atoms with van der Waals surface area (Å²) < 4.78 is 8.96. The summed E-state index contributed by atoms with van der Waals surface area (Å²) >= 11 is 3.71. The standard InChI is InChI=1S/C36H39N3O5S2/c1-7-45-18-22-9-11-24-20(3)15-35(5)36(41,39(42)43-6)16-29(44-35)38-28-12-10-23(19-46-8-2)14-26(28)31-32-27(17-37-34(32)40)30(25(24)13-22)21(4)33(31)38/h9-14,29,41H,3,7-8,15-19H2,1-2,4-6H3/p+1/t29-,35-,36-/m1/s1. The second-order valence-electron chi connectivity index (χ2n) is 12.7. The molecule has 7 rings (SSSR count). The van der Waals surface area contributed by atoms with Gasteiger partial charge in [-0.25, -0.2) is 4.84 Å². The largest absolute Gasteiger partial charge is 0.400 e. The molecule has 3 aromatic carbocycles. The first-order valence-electron chi connectivity index (χ1n) is 15.9. The molecule has 1 saturated heterocycles. The van der Waals surface area contributed by atoms with Crippen molar-refractivity contribution in [3.8, 4) is 11.1 Å². The summed E-state index contributed by atoms with van der Waals surface area (Å²) in [4.78, 5) is 32.6. The molecule has 3 atom stereocenters. The van der Waals surface area contributed by atoms with Crippen molar-refractivity contribution in [2.24, 2.45) is 0 Å². The first kappa shape index (κ1) is 31.3. The van der Waals surface area contributed by atoms with Gasteiger partial charge in [-0.2, -0.15) is 23.5 Å². The number of aliphatic hydroxyl groups is 1. The first-order chi connectivity index (χ1) is 22.1. The van der Waals surface area contributed by atoms with Crippen LogP contribution in [0.5, 0.6) is 0 Å². The molecule has 1 amide bonds. The number of ether oxygens (including phenoxy) is 1. The predicted octanol–water partition coefficient (Wildman–Crippen LogP) is 7.64. The minimum absolute atomic E-state index is 0.0431. The lowest BCUT2D eigenvalue weighted by molar-refractivity contribution is -0.879. The van der Waals surface area contributed by atoms with Crippen molar-refractivity contribution in [1.82, 2.24) is 9.88 Å². The summed E-state index contributed by atoms with van der Waals surface area (Å²) in [6.45, 7) is 13.1. The fraction of sp³-hybridized carbons (Fsp3) is 0.417. The maximum atomic E-state index is 13.8. The van der Waals surface area contributed by atoms with Gasteiger partial charge < -0.3 is 19.7 Å². The van der Waals surface area contributed by atoms with Crippen molar-refractivity contribution in [2.75, 3.05) is 18.6 Å². The van der Waals surface area contributed by atoms with Crippen LogP contribution in [0.1, 0.15) is 78.0 Å². The number of hydrogen-bond donors (Lipinski definition) is 2. The van der Waals surface area contributed by atoms with Crippen LogP contribution in [0.4, 0.5) is 0 Å². The lowest BCUT2D eigenvalue weighted by Crippen LogP contribution is -2.55. The van der Waals surface area contributed by atoms with Gasteiger partial charge in [-0.3, -0.25) is 4.79 Å². The van der Waals surface area contributed by atoms with E-state index in [1.807, 2.05) is 23.5 Å². The van der Waals surface area contributed by atoms with Crippen molar-refractivity contribution in [3.05, 3.63) is 81.3 Å². The highest BCUT2D eigenvalue weighted by Gasteiger charge is 2.70. The molecule has 3 aliphatic heterocycles. The molecule has 0 aliphatic carbocycles. The second-order valence-corrected chi connectivity index (χ2v) is 15.2. The van der Waals surface area contributed by atoms with Gasteiger partial charge in [0.2, 0.25) is 0 Å². The zero-order valence-electron chi connectivity index (χ0n) is 27.0. The number of amides is 1. The summed E-state index contributed by atoms with van der Waals surface area (Å²) in [5.74, 6) is 3.62. The fourth-order valence-electron chi connectivity index (χ4n) is 7.82. The third-order valence-corrected chi connectivity index (χ3v) is 11.9. The zero-order valence-corrected chi connectivity index (χ0v) is 28.6. The van der Waals surface area contributed by atoms with Crippen molar-refractivity contribution in [3.63, 3.8) is 0 Å². The van der Waals surface area contributed by atoms with E-state index < -0.39 is 17.6 Å². The topological polar surface area (TPSA) is 92.8 Å². The van der Waals surface area contributed by atoms with Crippen molar-refractivity contribution >= 4 is 56.8 Å². The van der Waals surface area contributed by atoms with E-state index in [1.165, 1.54) is 18.2 Å². The molecule has 2 N–H and O–H groups in total.